The van der Waals surface area contributed by atoms with Gasteiger partial charge in [-0.2, -0.15) is 13.2 Å². The maximum absolute atomic E-state index is 12.4. The summed E-state index contributed by atoms with van der Waals surface area (Å²) in [6, 6.07) is 0.185. The summed E-state index contributed by atoms with van der Waals surface area (Å²) < 4.78 is 37.3. The van der Waals surface area contributed by atoms with Gasteiger partial charge in [0.2, 0.25) is 0 Å². The third-order valence-electron chi connectivity index (χ3n) is 2.44. The number of anilines is 1. The molecule has 16 heteroatoms. The summed E-state index contributed by atoms with van der Waals surface area (Å²) in [4.78, 5) is 38.9. The molecule has 0 unspecified atom stereocenters. The largest absolute Gasteiger partial charge is 0.412 e. The molecule has 0 saturated carbocycles. The van der Waals surface area contributed by atoms with Crippen LogP contribution in [0.2, 0.25) is 0 Å². The van der Waals surface area contributed by atoms with Crippen molar-refractivity contribution >= 4 is 22.7 Å². The molecule has 0 aliphatic rings. The third-order valence-corrected chi connectivity index (χ3v) is 2.44. The number of hydrazine groups is 1. The molecule has 13 nitrogen and oxygen atoms in total. The smallest absolute Gasteiger partial charge is 0.258 e. The number of non-ortho nitro benzene ring substituents is 1. The molecule has 0 aromatic heterocycles. The summed E-state index contributed by atoms with van der Waals surface area (Å²) in [5.41, 5.74) is -5.99. The molecular formula is C8H4F3N5O8. The highest BCUT2D eigenvalue weighted by atomic mass is 19.4. The summed E-state index contributed by atoms with van der Waals surface area (Å²) in [6.07, 6.45) is -5.24. The highest BCUT2D eigenvalue weighted by Gasteiger charge is 2.45. The fourth-order valence-corrected chi connectivity index (χ4v) is 1.63. The van der Waals surface area contributed by atoms with Crippen LogP contribution in [0, 0.1) is 40.5 Å². The Labute approximate surface area is 127 Å². The second-order valence-electron chi connectivity index (χ2n) is 4.01. The molecule has 0 radical (unpaired) electrons. The lowest BCUT2D eigenvalue weighted by molar-refractivity contribution is -0.502. The van der Waals surface area contributed by atoms with Gasteiger partial charge in [-0.3, -0.25) is 30.3 Å². The Morgan fingerprint density at radius 2 is 1.29 bits per heavy atom. The van der Waals surface area contributed by atoms with Crippen LogP contribution in [0.3, 0.4) is 0 Å². The van der Waals surface area contributed by atoms with Gasteiger partial charge in [0.05, 0.1) is 26.9 Å². The molecule has 0 aliphatic heterocycles. The molecule has 0 heterocycles. The summed E-state index contributed by atoms with van der Waals surface area (Å²) >= 11 is 0. The lowest BCUT2D eigenvalue weighted by Gasteiger charge is -2.15. The first kappa shape index (κ1) is 18.5. The summed E-state index contributed by atoms with van der Waals surface area (Å²) in [7, 11) is 0. The highest BCUT2D eigenvalue weighted by Crippen LogP contribution is 2.41. The van der Waals surface area contributed by atoms with Crippen LogP contribution in [0.4, 0.5) is 35.9 Å². The van der Waals surface area contributed by atoms with Crippen LogP contribution in [0.5, 0.6) is 0 Å². The monoisotopic (exact) mass is 355 g/mol. The van der Waals surface area contributed by atoms with E-state index < -0.39 is 60.3 Å². The van der Waals surface area contributed by atoms with Gasteiger partial charge in [-0.05, 0) is 0 Å². The van der Waals surface area contributed by atoms with Crippen LogP contribution in [0.15, 0.2) is 12.1 Å². The van der Waals surface area contributed by atoms with Gasteiger partial charge in [-0.25, -0.2) is 10.1 Å². The molecule has 0 amide bonds. The van der Waals surface area contributed by atoms with Crippen molar-refractivity contribution in [3.63, 3.8) is 0 Å². The van der Waals surface area contributed by atoms with E-state index in [2.05, 4.69) is 0 Å². The Kier molecular flexibility index (Phi) is 4.82. The van der Waals surface area contributed by atoms with Crippen molar-refractivity contribution in [1.82, 2.24) is 0 Å². The van der Waals surface area contributed by atoms with Crippen LogP contribution in [-0.2, 0) is 0 Å². The van der Waals surface area contributed by atoms with Gasteiger partial charge in [0.15, 0.2) is 11.6 Å². The molecule has 0 spiro atoms. The zero-order valence-corrected chi connectivity index (χ0v) is 11.0. The Bertz CT molecular complexity index is 700. The fraction of sp³-hybridized carbons (Fsp3) is 0.250. The molecule has 0 atom stereocenters. The van der Waals surface area contributed by atoms with Crippen LogP contribution in [0.1, 0.15) is 0 Å². The minimum atomic E-state index is -5.24. The molecule has 1 aromatic rings. The Hall–Kier alpha value is -3.59. The van der Waals surface area contributed by atoms with E-state index in [4.69, 9.17) is 0 Å². The maximum Gasteiger partial charge on any atom is 0.412 e. The van der Waals surface area contributed by atoms with Gasteiger partial charge in [0, 0.05) is 0 Å². The molecule has 130 valence electrons. The molecule has 0 fully saturated rings. The number of alkyl halides is 3. The summed E-state index contributed by atoms with van der Waals surface area (Å²) in [5, 5.41) is 40.6. The quantitative estimate of drug-likeness (QED) is 0.545. The van der Waals surface area contributed by atoms with Crippen molar-refractivity contribution in [1.29, 1.82) is 0 Å². The Morgan fingerprint density at radius 3 is 1.54 bits per heavy atom. The van der Waals surface area contributed by atoms with Crippen molar-refractivity contribution in [2.24, 2.45) is 0 Å². The topological polar surface area (TPSA) is 176 Å². The maximum atomic E-state index is 12.4. The molecule has 0 aliphatic carbocycles. The van der Waals surface area contributed by atoms with Gasteiger partial charge < -0.3 is 0 Å². The van der Waals surface area contributed by atoms with Gasteiger partial charge in [0.25, 0.3) is 11.4 Å². The van der Waals surface area contributed by atoms with E-state index >= 15 is 0 Å². The van der Waals surface area contributed by atoms with Gasteiger partial charge in [-0.1, -0.05) is 5.01 Å². The zero-order chi connectivity index (χ0) is 18.8. The van der Waals surface area contributed by atoms with E-state index in [9.17, 15) is 53.6 Å². The zero-order valence-electron chi connectivity index (χ0n) is 11.0. The number of rotatable bonds is 6. The lowest BCUT2D eigenvalue weighted by Crippen LogP contribution is -2.39. The van der Waals surface area contributed by atoms with Gasteiger partial charge in [-0.15, -0.1) is 0 Å². The number of nitro benzene ring substituents is 3. The Balaban J connectivity index is 3.81. The lowest BCUT2D eigenvalue weighted by atomic mass is 10.2. The minimum Gasteiger partial charge on any atom is -0.258 e. The van der Waals surface area contributed by atoms with E-state index in [1.807, 2.05) is 0 Å². The van der Waals surface area contributed by atoms with E-state index in [1.54, 1.807) is 0 Å². The van der Waals surface area contributed by atoms with Crippen LogP contribution in [0.25, 0.3) is 0 Å². The highest BCUT2D eigenvalue weighted by molar-refractivity contribution is 5.77. The standard InChI is InChI=1S/C8H4F3N5O8/c9-8(10,11)3-12(16(23)24)7-5(14(19)20)1-4(13(17)18)2-6(7)15(21)22/h1-2H,3H2. The van der Waals surface area contributed by atoms with Crippen LogP contribution in [-0.4, -0.2) is 32.5 Å². The van der Waals surface area contributed by atoms with E-state index in [1.165, 1.54) is 0 Å². The van der Waals surface area contributed by atoms with Crippen molar-refractivity contribution in [3.05, 3.63) is 52.6 Å². The van der Waals surface area contributed by atoms with Crippen LogP contribution < -0.4 is 5.01 Å². The van der Waals surface area contributed by atoms with Gasteiger partial charge in [0.1, 0.15) is 0 Å². The number of benzene rings is 1. The Morgan fingerprint density at radius 1 is 0.875 bits per heavy atom. The van der Waals surface area contributed by atoms with Crippen molar-refractivity contribution in [3.8, 4) is 0 Å². The predicted octanol–water partition coefficient (Wildman–Crippen LogP) is 1.97. The van der Waals surface area contributed by atoms with E-state index in [0.29, 0.717) is 0 Å². The van der Waals surface area contributed by atoms with Crippen molar-refractivity contribution in [2.45, 2.75) is 6.18 Å². The molecule has 1 aromatic carbocycles. The minimum absolute atomic E-state index is 0.0925. The molecule has 0 bridgehead atoms. The first-order chi connectivity index (χ1) is 10.8. The first-order valence-corrected chi connectivity index (χ1v) is 5.45. The molecule has 1 rings (SSSR count). The fourth-order valence-electron chi connectivity index (χ4n) is 1.63. The second-order valence-corrected chi connectivity index (χ2v) is 4.01. The molecular weight excluding hydrogens is 351 g/mol. The first-order valence-electron chi connectivity index (χ1n) is 5.45. The van der Waals surface area contributed by atoms with Crippen LogP contribution >= 0.6 is 0 Å². The number of nitro groups is 4. The average molecular weight is 355 g/mol. The number of hydrogen-bond acceptors (Lipinski definition) is 8. The molecule has 0 N–H and O–H groups in total. The predicted molar refractivity (Wildman–Crippen MR) is 66.8 cm³/mol. The number of nitrogens with zero attached hydrogens (tertiary/aromatic N) is 5. The molecule has 24 heavy (non-hydrogen) atoms. The van der Waals surface area contributed by atoms with E-state index in [-0.39, 0.29) is 12.1 Å². The van der Waals surface area contributed by atoms with Gasteiger partial charge >= 0.3 is 17.6 Å². The third kappa shape index (κ3) is 3.99. The average Bonchev–Trinajstić information content (AvgIpc) is 2.41. The SMILES string of the molecule is O=[N+]([O-])c1cc([N+](=O)[O-])c(N(CC(F)(F)F)[N+](=O)[O-])c([N+](=O)[O-])c1. The summed E-state index contributed by atoms with van der Waals surface area (Å²) in [6.45, 7) is -2.39. The van der Waals surface area contributed by atoms with Crippen molar-refractivity contribution in [2.75, 3.05) is 11.6 Å². The van der Waals surface area contributed by atoms with Crippen molar-refractivity contribution < 1.29 is 33.0 Å². The van der Waals surface area contributed by atoms with E-state index in [0.717, 1.165) is 0 Å². The number of halogens is 3. The molecule has 0 saturated heterocycles. The summed E-state index contributed by atoms with van der Waals surface area (Å²) in [5.74, 6) is 0. The second kappa shape index (κ2) is 6.26. The normalized spacial score (nSPS) is 11.0. The number of hydrogen-bond donors (Lipinski definition) is 0.